The van der Waals surface area contributed by atoms with Crippen molar-refractivity contribution in [1.29, 1.82) is 0 Å². The molecule has 0 spiro atoms. The normalized spacial score (nSPS) is 12.3. The number of ether oxygens (including phenoxy) is 2. The van der Waals surface area contributed by atoms with Gasteiger partial charge in [-0.25, -0.2) is 4.98 Å². The Kier molecular flexibility index (Phi) is 6.69. The van der Waals surface area contributed by atoms with Crippen LogP contribution in [-0.2, 0) is 4.79 Å². The first-order valence-electron chi connectivity index (χ1n) is 9.78. The second-order valence-corrected chi connectivity index (χ2v) is 8.11. The van der Waals surface area contributed by atoms with Crippen molar-refractivity contribution in [3.63, 3.8) is 0 Å². The van der Waals surface area contributed by atoms with Crippen LogP contribution >= 0.6 is 22.9 Å². The van der Waals surface area contributed by atoms with Gasteiger partial charge in [-0.15, -0.1) is 11.3 Å². The first-order chi connectivity index (χ1) is 15.1. The fourth-order valence-electron chi connectivity index (χ4n) is 3.00. The van der Waals surface area contributed by atoms with Crippen LogP contribution in [0.3, 0.4) is 0 Å². The maximum absolute atomic E-state index is 12.2. The summed E-state index contributed by atoms with van der Waals surface area (Å²) in [5, 5.41) is 8.58. The molecule has 0 saturated heterocycles. The second-order valence-electron chi connectivity index (χ2n) is 6.81. The molecule has 1 aliphatic heterocycles. The molecule has 0 atom stereocenters. The highest BCUT2D eigenvalue weighted by Gasteiger charge is 2.14. The molecule has 0 fully saturated rings. The SMILES string of the molecule is O=C(CCCNC(=O)c1ccc(Cl)cc1)Nc1nc(-c2ccc3c(c2)OCCO3)cs1. The first-order valence-corrected chi connectivity index (χ1v) is 11.0. The summed E-state index contributed by atoms with van der Waals surface area (Å²) < 4.78 is 11.1. The molecule has 2 N–H and O–H groups in total. The van der Waals surface area contributed by atoms with Crippen LogP contribution in [-0.4, -0.2) is 36.6 Å². The van der Waals surface area contributed by atoms with Crippen molar-refractivity contribution in [2.45, 2.75) is 12.8 Å². The van der Waals surface area contributed by atoms with Gasteiger partial charge in [0.05, 0.1) is 5.69 Å². The average molecular weight is 458 g/mol. The summed E-state index contributed by atoms with van der Waals surface area (Å²) in [7, 11) is 0. The third kappa shape index (κ3) is 5.53. The Bertz CT molecular complexity index is 1080. The number of carbonyl (C=O) groups is 2. The maximum atomic E-state index is 12.2. The highest BCUT2D eigenvalue weighted by atomic mass is 35.5. The summed E-state index contributed by atoms with van der Waals surface area (Å²) in [4.78, 5) is 28.7. The summed E-state index contributed by atoms with van der Waals surface area (Å²) >= 11 is 7.17. The van der Waals surface area contributed by atoms with Crippen molar-refractivity contribution < 1.29 is 19.1 Å². The number of fused-ring (bicyclic) bond motifs is 1. The summed E-state index contributed by atoms with van der Waals surface area (Å²) in [6.45, 7) is 1.47. The number of nitrogens with one attached hydrogen (secondary N) is 2. The smallest absolute Gasteiger partial charge is 0.251 e. The molecule has 2 aromatic carbocycles. The summed E-state index contributed by atoms with van der Waals surface area (Å²) in [6, 6.07) is 12.3. The van der Waals surface area contributed by atoms with E-state index in [-0.39, 0.29) is 18.2 Å². The maximum Gasteiger partial charge on any atom is 0.251 e. The minimum Gasteiger partial charge on any atom is -0.486 e. The van der Waals surface area contributed by atoms with Gasteiger partial charge in [0.1, 0.15) is 13.2 Å². The Morgan fingerprint density at radius 1 is 1.06 bits per heavy atom. The number of hydrogen-bond donors (Lipinski definition) is 2. The average Bonchev–Trinajstić information content (AvgIpc) is 3.25. The van der Waals surface area contributed by atoms with E-state index in [2.05, 4.69) is 15.6 Å². The van der Waals surface area contributed by atoms with Crippen molar-refractivity contribution in [1.82, 2.24) is 10.3 Å². The molecule has 7 nitrogen and oxygen atoms in total. The van der Waals surface area contributed by atoms with Gasteiger partial charge in [0.2, 0.25) is 5.91 Å². The largest absolute Gasteiger partial charge is 0.486 e. The van der Waals surface area contributed by atoms with Gasteiger partial charge < -0.3 is 20.1 Å². The third-order valence-corrected chi connectivity index (χ3v) is 5.57. The Hall–Kier alpha value is -3.10. The fourth-order valence-corrected chi connectivity index (χ4v) is 3.86. The predicted molar refractivity (Wildman–Crippen MR) is 120 cm³/mol. The van der Waals surface area contributed by atoms with Gasteiger partial charge in [-0.1, -0.05) is 11.6 Å². The number of anilines is 1. The molecule has 9 heteroatoms. The molecule has 4 rings (SSSR count). The number of benzene rings is 2. The Balaban J connectivity index is 1.24. The molecule has 2 amide bonds. The van der Waals surface area contributed by atoms with Gasteiger partial charge in [-0.2, -0.15) is 0 Å². The van der Waals surface area contributed by atoms with Gasteiger partial charge in [-0.3, -0.25) is 9.59 Å². The number of amides is 2. The lowest BCUT2D eigenvalue weighted by atomic mass is 10.1. The summed E-state index contributed by atoms with van der Waals surface area (Å²) in [5.74, 6) is 1.08. The van der Waals surface area contributed by atoms with Crippen LogP contribution < -0.4 is 20.1 Å². The molecular weight excluding hydrogens is 438 g/mol. The predicted octanol–water partition coefficient (Wildman–Crippen LogP) is 4.38. The van der Waals surface area contributed by atoms with Gasteiger partial charge in [-0.05, 0) is 48.9 Å². The van der Waals surface area contributed by atoms with Crippen LogP contribution in [0.1, 0.15) is 23.2 Å². The van der Waals surface area contributed by atoms with E-state index in [0.29, 0.717) is 47.6 Å². The van der Waals surface area contributed by atoms with E-state index in [0.717, 1.165) is 17.0 Å². The Labute approximate surface area is 188 Å². The van der Waals surface area contributed by atoms with Crippen LogP contribution in [0.25, 0.3) is 11.3 Å². The standard InChI is InChI=1S/C22H20ClN3O4S/c23-16-6-3-14(4-7-16)21(28)24-9-1-2-20(27)26-22-25-17(13-31-22)15-5-8-18-19(12-15)30-11-10-29-18/h3-8,12-13H,1-2,9-11H2,(H,24,28)(H,25,26,27). The van der Waals surface area contributed by atoms with Crippen molar-refractivity contribution in [2.24, 2.45) is 0 Å². The van der Waals surface area contributed by atoms with Crippen molar-refractivity contribution >= 4 is 39.9 Å². The van der Waals surface area contributed by atoms with E-state index in [4.69, 9.17) is 21.1 Å². The van der Waals surface area contributed by atoms with Crippen LogP contribution in [0.4, 0.5) is 5.13 Å². The fraction of sp³-hybridized carbons (Fsp3) is 0.227. The van der Waals surface area contributed by atoms with Crippen LogP contribution in [0.15, 0.2) is 47.8 Å². The number of rotatable bonds is 7. The molecule has 0 saturated carbocycles. The first kappa shape index (κ1) is 21.1. The lowest BCUT2D eigenvalue weighted by Gasteiger charge is -2.18. The van der Waals surface area contributed by atoms with E-state index < -0.39 is 0 Å². The molecule has 0 aliphatic carbocycles. The van der Waals surface area contributed by atoms with Gasteiger partial charge in [0.25, 0.3) is 5.91 Å². The van der Waals surface area contributed by atoms with Gasteiger partial charge in [0.15, 0.2) is 16.6 Å². The topological polar surface area (TPSA) is 89.6 Å². The van der Waals surface area contributed by atoms with Crippen LogP contribution in [0.5, 0.6) is 11.5 Å². The monoisotopic (exact) mass is 457 g/mol. The molecule has 0 unspecified atom stereocenters. The molecule has 0 bridgehead atoms. The lowest BCUT2D eigenvalue weighted by Crippen LogP contribution is -2.25. The minimum atomic E-state index is -0.193. The molecule has 2 heterocycles. The quantitative estimate of drug-likeness (QED) is 0.514. The zero-order valence-electron chi connectivity index (χ0n) is 16.5. The van der Waals surface area contributed by atoms with Crippen molar-refractivity contribution in [3.05, 3.63) is 58.4 Å². The second kappa shape index (κ2) is 9.80. The Morgan fingerprint density at radius 3 is 2.65 bits per heavy atom. The van der Waals surface area contributed by atoms with Crippen molar-refractivity contribution in [2.75, 3.05) is 25.1 Å². The molecule has 0 radical (unpaired) electrons. The molecular formula is C22H20ClN3O4S. The number of thiazole rings is 1. The molecule has 160 valence electrons. The number of halogens is 1. The van der Waals surface area contributed by atoms with Crippen molar-refractivity contribution in [3.8, 4) is 22.8 Å². The zero-order valence-corrected chi connectivity index (χ0v) is 18.1. The molecule has 1 aliphatic rings. The van der Waals surface area contributed by atoms with E-state index >= 15 is 0 Å². The molecule has 31 heavy (non-hydrogen) atoms. The Morgan fingerprint density at radius 2 is 1.84 bits per heavy atom. The molecule has 1 aromatic heterocycles. The third-order valence-electron chi connectivity index (χ3n) is 4.56. The lowest BCUT2D eigenvalue weighted by molar-refractivity contribution is -0.116. The summed E-state index contributed by atoms with van der Waals surface area (Å²) in [6.07, 6.45) is 0.797. The van der Waals surface area contributed by atoms with E-state index in [9.17, 15) is 9.59 Å². The highest BCUT2D eigenvalue weighted by molar-refractivity contribution is 7.14. The summed E-state index contributed by atoms with van der Waals surface area (Å²) in [5.41, 5.74) is 2.18. The van der Waals surface area contributed by atoms with Crippen LogP contribution in [0, 0.1) is 0 Å². The van der Waals surface area contributed by atoms with Gasteiger partial charge >= 0.3 is 0 Å². The van der Waals surface area contributed by atoms with E-state index in [1.165, 1.54) is 11.3 Å². The van der Waals surface area contributed by atoms with Gasteiger partial charge in [0, 0.05) is 34.5 Å². The highest BCUT2D eigenvalue weighted by Crippen LogP contribution is 2.35. The van der Waals surface area contributed by atoms with E-state index in [1.54, 1.807) is 24.3 Å². The zero-order chi connectivity index (χ0) is 21.6. The number of carbonyl (C=O) groups excluding carboxylic acids is 2. The number of hydrogen-bond acceptors (Lipinski definition) is 6. The number of nitrogens with zero attached hydrogens (tertiary/aromatic N) is 1. The molecule has 3 aromatic rings. The van der Waals surface area contributed by atoms with Crippen LogP contribution in [0.2, 0.25) is 5.02 Å². The minimum absolute atomic E-state index is 0.149. The number of aromatic nitrogens is 1. The van der Waals surface area contributed by atoms with E-state index in [1.807, 2.05) is 23.6 Å².